The predicted octanol–water partition coefficient (Wildman–Crippen LogP) is 1.63. The van der Waals surface area contributed by atoms with Gasteiger partial charge in [0, 0.05) is 13.1 Å². The molecule has 0 radical (unpaired) electrons. The number of hydrazine groups is 1. The summed E-state index contributed by atoms with van der Waals surface area (Å²) in [4.78, 5) is 18.0. The number of hydrogen-bond acceptors (Lipinski definition) is 4. The van der Waals surface area contributed by atoms with Crippen molar-refractivity contribution >= 4 is 11.6 Å². The van der Waals surface area contributed by atoms with E-state index in [0.29, 0.717) is 11.4 Å². The van der Waals surface area contributed by atoms with Crippen molar-refractivity contribution in [2.45, 2.75) is 32.7 Å². The molecule has 0 spiro atoms. The first-order valence-corrected chi connectivity index (χ1v) is 5.83. The highest BCUT2D eigenvalue weighted by molar-refractivity contribution is 5.92. The number of nitrogens with one attached hydrogen (secondary N) is 1. The maximum absolute atomic E-state index is 12.1. The lowest BCUT2D eigenvalue weighted by Gasteiger charge is -2.25. The monoisotopic (exact) mass is 236 g/mol. The van der Waals surface area contributed by atoms with Crippen LogP contribution in [0, 0.1) is 0 Å². The van der Waals surface area contributed by atoms with Gasteiger partial charge in [-0.3, -0.25) is 10.6 Å². The molecule has 0 bridgehead atoms. The zero-order chi connectivity index (χ0) is 12.8. The molecular weight excluding hydrogens is 216 g/mol. The van der Waals surface area contributed by atoms with Crippen molar-refractivity contribution in [1.29, 1.82) is 0 Å². The zero-order valence-electron chi connectivity index (χ0n) is 10.6. The van der Waals surface area contributed by atoms with Crippen LogP contribution in [0.2, 0.25) is 0 Å². The van der Waals surface area contributed by atoms with Crippen LogP contribution in [0.5, 0.6) is 0 Å². The van der Waals surface area contributed by atoms with E-state index < -0.39 is 0 Å². The van der Waals surface area contributed by atoms with Gasteiger partial charge in [-0.15, -0.1) is 0 Å². The van der Waals surface area contributed by atoms with Crippen LogP contribution in [0.1, 0.15) is 37.2 Å². The van der Waals surface area contributed by atoms with Crippen LogP contribution in [0.25, 0.3) is 0 Å². The number of hydrogen-bond donors (Lipinski definition) is 2. The maximum Gasteiger partial charge on any atom is 0.272 e. The van der Waals surface area contributed by atoms with E-state index in [1.54, 1.807) is 23.2 Å². The largest absolute Gasteiger partial charge is 0.337 e. The van der Waals surface area contributed by atoms with Crippen LogP contribution in [-0.2, 0) is 0 Å². The first kappa shape index (κ1) is 13.4. The number of nitrogen functional groups attached to an aromatic ring is 1. The molecule has 0 atom stereocenters. The van der Waals surface area contributed by atoms with Gasteiger partial charge in [0.15, 0.2) is 0 Å². The summed E-state index contributed by atoms with van der Waals surface area (Å²) in [5.74, 6) is 5.19. The van der Waals surface area contributed by atoms with E-state index in [0.717, 1.165) is 12.8 Å². The summed E-state index contributed by atoms with van der Waals surface area (Å²) >= 11 is 0. The molecule has 0 fully saturated rings. The van der Waals surface area contributed by atoms with Crippen LogP contribution in [0.4, 0.5) is 5.69 Å². The molecule has 0 aliphatic heterocycles. The molecule has 5 heteroatoms. The Morgan fingerprint density at radius 2 is 2.12 bits per heavy atom. The Morgan fingerprint density at radius 1 is 1.47 bits per heavy atom. The highest BCUT2D eigenvalue weighted by Crippen LogP contribution is 2.11. The first-order valence-electron chi connectivity index (χ1n) is 5.83. The molecule has 17 heavy (non-hydrogen) atoms. The van der Waals surface area contributed by atoms with E-state index in [1.165, 1.54) is 0 Å². The van der Waals surface area contributed by atoms with Gasteiger partial charge in [-0.25, -0.2) is 4.98 Å². The number of nitrogens with zero attached hydrogens (tertiary/aromatic N) is 2. The summed E-state index contributed by atoms with van der Waals surface area (Å²) in [7, 11) is 1.82. The average molecular weight is 236 g/mol. The molecule has 1 rings (SSSR count). The van der Waals surface area contributed by atoms with Crippen molar-refractivity contribution < 1.29 is 4.79 Å². The third kappa shape index (κ3) is 3.17. The number of nitrogens with two attached hydrogens (primary N) is 1. The van der Waals surface area contributed by atoms with Crippen molar-refractivity contribution in [3.63, 3.8) is 0 Å². The molecule has 0 saturated carbocycles. The van der Waals surface area contributed by atoms with Crippen molar-refractivity contribution in [3.8, 4) is 0 Å². The molecule has 3 N–H and O–H groups in total. The molecule has 1 amide bonds. The van der Waals surface area contributed by atoms with Gasteiger partial charge in [0.1, 0.15) is 5.69 Å². The number of amides is 1. The predicted molar refractivity (Wildman–Crippen MR) is 68.5 cm³/mol. The molecule has 0 saturated heterocycles. The summed E-state index contributed by atoms with van der Waals surface area (Å²) < 4.78 is 0. The van der Waals surface area contributed by atoms with Gasteiger partial charge in [-0.2, -0.15) is 0 Å². The molecule has 94 valence electrons. The summed E-state index contributed by atoms with van der Waals surface area (Å²) in [5.41, 5.74) is 3.61. The van der Waals surface area contributed by atoms with Crippen molar-refractivity contribution in [2.75, 3.05) is 12.5 Å². The molecule has 0 aliphatic rings. The van der Waals surface area contributed by atoms with E-state index in [-0.39, 0.29) is 11.9 Å². The van der Waals surface area contributed by atoms with Gasteiger partial charge < -0.3 is 10.3 Å². The number of carbonyl (C=O) groups excluding carboxylic acids is 1. The van der Waals surface area contributed by atoms with Gasteiger partial charge in [-0.1, -0.05) is 13.8 Å². The number of aromatic nitrogens is 1. The van der Waals surface area contributed by atoms with Gasteiger partial charge in [0.25, 0.3) is 5.91 Å². The number of rotatable bonds is 5. The highest BCUT2D eigenvalue weighted by Gasteiger charge is 2.18. The maximum atomic E-state index is 12.1. The molecule has 0 aliphatic carbocycles. The number of pyridine rings is 1. The lowest BCUT2D eigenvalue weighted by atomic mass is 10.1. The number of carbonyl (C=O) groups is 1. The van der Waals surface area contributed by atoms with Crippen molar-refractivity contribution in [2.24, 2.45) is 5.84 Å². The number of anilines is 1. The van der Waals surface area contributed by atoms with Crippen LogP contribution in [0.15, 0.2) is 18.3 Å². The second-order valence-corrected chi connectivity index (χ2v) is 3.96. The van der Waals surface area contributed by atoms with Gasteiger partial charge in [0.05, 0.1) is 11.9 Å². The Kier molecular flexibility index (Phi) is 4.90. The minimum absolute atomic E-state index is 0.0535. The topological polar surface area (TPSA) is 71.2 Å². The fourth-order valence-corrected chi connectivity index (χ4v) is 1.79. The molecule has 1 heterocycles. The van der Waals surface area contributed by atoms with Gasteiger partial charge in [0.2, 0.25) is 0 Å². The first-order chi connectivity index (χ1) is 8.13. The molecule has 0 aromatic carbocycles. The molecule has 5 nitrogen and oxygen atoms in total. The normalized spacial score (nSPS) is 10.4. The Hall–Kier alpha value is -1.62. The fourth-order valence-electron chi connectivity index (χ4n) is 1.79. The molecular formula is C12H20N4O. The summed E-state index contributed by atoms with van der Waals surface area (Å²) in [5, 5.41) is 0. The third-order valence-electron chi connectivity index (χ3n) is 2.96. The smallest absolute Gasteiger partial charge is 0.272 e. The van der Waals surface area contributed by atoms with E-state index in [4.69, 9.17) is 5.84 Å². The van der Waals surface area contributed by atoms with Crippen LogP contribution < -0.4 is 11.3 Å². The Balaban J connectivity index is 2.80. The van der Waals surface area contributed by atoms with Crippen LogP contribution >= 0.6 is 0 Å². The second kappa shape index (κ2) is 6.20. The zero-order valence-corrected chi connectivity index (χ0v) is 10.6. The van der Waals surface area contributed by atoms with Gasteiger partial charge in [-0.05, 0) is 25.0 Å². The third-order valence-corrected chi connectivity index (χ3v) is 2.96. The summed E-state index contributed by atoms with van der Waals surface area (Å²) in [6.45, 7) is 4.15. The van der Waals surface area contributed by atoms with E-state index in [2.05, 4.69) is 24.3 Å². The van der Waals surface area contributed by atoms with Gasteiger partial charge >= 0.3 is 0 Å². The van der Waals surface area contributed by atoms with Crippen LogP contribution in [-0.4, -0.2) is 28.9 Å². The lowest BCUT2D eigenvalue weighted by molar-refractivity contribution is 0.0718. The van der Waals surface area contributed by atoms with E-state index in [9.17, 15) is 4.79 Å². The molecule has 1 aromatic heterocycles. The minimum Gasteiger partial charge on any atom is -0.337 e. The lowest BCUT2D eigenvalue weighted by Crippen LogP contribution is -2.36. The Morgan fingerprint density at radius 3 is 2.53 bits per heavy atom. The minimum atomic E-state index is -0.0535. The summed E-state index contributed by atoms with van der Waals surface area (Å²) in [6, 6.07) is 3.67. The van der Waals surface area contributed by atoms with Crippen LogP contribution in [0.3, 0.4) is 0 Å². The summed E-state index contributed by atoms with van der Waals surface area (Å²) in [6.07, 6.45) is 3.44. The molecule has 1 aromatic rings. The average Bonchev–Trinajstić information content (AvgIpc) is 2.39. The fraction of sp³-hybridized carbons (Fsp3) is 0.500. The van der Waals surface area contributed by atoms with E-state index in [1.807, 2.05) is 7.05 Å². The highest BCUT2D eigenvalue weighted by atomic mass is 16.2. The molecule has 0 unspecified atom stereocenters. The van der Waals surface area contributed by atoms with Crippen molar-refractivity contribution in [1.82, 2.24) is 9.88 Å². The Labute approximate surface area is 102 Å². The SMILES string of the molecule is CCC(CC)N(C)C(=O)c1ccc(NN)cn1. The van der Waals surface area contributed by atoms with E-state index >= 15 is 0 Å². The standard InChI is InChI=1S/C12H20N4O/c1-4-10(5-2)16(3)12(17)11-7-6-9(15-13)8-14-11/h6-8,10,15H,4-5,13H2,1-3H3. The Bertz CT molecular complexity index is 359. The second-order valence-electron chi connectivity index (χ2n) is 3.96. The quantitative estimate of drug-likeness (QED) is 0.602. The van der Waals surface area contributed by atoms with Crippen molar-refractivity contribution in [3.05, 3.63) is 24.0 Å².